The number of methoxy groups -OCH3 is 2. The van der Waals surface area contributed by atoms with Crippen LogP contribution in [-0.2, 0) is 0 Å². The van der Waals surface area contributed by atoms with Gasteiger partial charge < -0.3 is 14.8 Å². The second kappa shape index (κ2) is 6.84. The van der Waals surface area contributed by atoms with E-state index in [1.165, 1.54) is 7.11 Å². The zero-order valence-electron chi connectivity index (χ0n) is 13.6. The molecule has 0 aromatic heterocycles. The van der Waals surface area contributed by atoms with E-state index in [9.17, 15) is 4.79 Å². The van der Waals surface area contributed by atoms with Crippen LogP contribution in [0.1, 0.15) is 27.0 Å². The molecular weight excluding hydrogens is 292 g/mol. The quantitative estimate of drug-likeness (QED) is 0.939. The average Bonchev–Trinajstić information content (AvgIpc) is 2.56. The molecule has 0 atom stereocenters. The Hall–Kier alpha value is -3.00. The number of benzene rings is 2. The first kappa shape index (κ1) is 16.4. The van der Waals surface area contributed by atoms with Gasteiger partial charge in [-0.25, -0.2) is 0 Å². The molecule has 0 fully saturated rings. The van der Waals surface area contributed by atoms with Crippen LogP contribution in [0.2, 0.25) is 0 Å². The van der Waals surface area contributed by atoms with E-state index in [-0.39, 0.29) is 5.91 Å². The number of carbonyl (C=O) groups excluding carboxylic acids is 1. The summed E-state index contributed by atoms with van der Waals surface area (Å²) in [5.74, 6) is 0.802. The second-order valence-corrected chi connectivity index (χ2v) is 5.12. The van der Waals surface area contributed by atoms with E-state index >= 15 is 0 Å². The fraction of sp³-hybridized carbons (Fsp3) is 0.222. The molecule has 1 amide bonds. The molecule has 0 radical (unpaired) electrons. The number of hydrogen-bond acceptors (Lipinski definition) is 4. The minimum absolute atomic E-state index is 0.262. The Morgan fingerprint density at radius 3 is 2.30 bits per heavy atom. The number of aryl methyl sites for hydroxylation is 2. The third-order valence-electron chi connectivity index (χ3n) is 3.59. The van der Waals surface area contributed by atoms with Crippen LogP contribution in [0.3, 0.4) is 0 Å². The van der Waals surface area contributed by atoms with Gasteiger partial charge in [0.15, 0.2) is 11.5 Å². The second-order valence-electron chi connectivity index (χ2n) is 5.12. The Morgan fingerprint density at radius 2 is 1.70 bits per heavy atom. The molecule has 0 aliphatic carbocycles. The van der Waals surface area contributed by atoms with Crippen molar-refractivity contribution in [2.24, 2.45) is 0 Å². The summed E-state index contributed by atoms with van der Waals surface area (Å²) < 4.78 is 10.5. The molecule has 2 aromatic carbocycles. The molecular formula is C18H18N2O3. The van der Waals surface area contributed by atoms with Crippen LogP contribution in [0, 0.1) is 25.2 Å². The standard InChI is InChI=1S/C18H18N2O3/c1-11-5-6-13(10-19)8-15(11)20-18(21)14-9-17(23-4)16(22-3)7-12(14)2/h5-9H,1-4H3,(H,20,21). The number of ether oxygens (including phenoxy) is 2. The van der Waals surface area contributed by atoms with E-state index in [2.05, 4.69) is 11.4 Å². The van der Waals surface area contributed by atoms with E-state index in [1.807, 2.05) is 13.8 Å². The number of nitrogens with zero attached hydrogens (tertiary/aromatic N) is 1. The molecule has 5 nitrogen and oxygen atoms in total. The molecule has 23 heavy (non-hydrogen) atoms. The van der Waals surface area contributed by atoms with E-state index in [4.69, 9.17) is 14.7 Å². The van der Waals surface area contributed by atoms with Crippen LogP contribution in [0.15, 0.2) is 30.3 Å². The number of anilines is 1. The smallest absolute Gasteiger partial charge is 0.256 e. The molecule has 1 N–H and O–H groups in total. The molecule has 0 aliphatic heterocycles. The Labute approximate surface area is 135 Å². The third kappa shape index (κ3) is 3.43. The number of nitrogens with one attached hydrogen (secondary N) is 1. The largest absolute Gasteiger partial charge is 0.493 e. The molecule has 0 bridgehead atoms. The molecule has 0 spiro atoms. The van der Waals surface area contributed by atoms with Gasteiger partial charge in [-0.15, -0.1) is 0 Å². The summed E-state index contributed by atoms with van der Waals surface area (Å²) in [5.41, 5.74) is 3.26. The third-order valence-corrected chi connectivity index (χ3v) is 3.59. The maximum absolute atomic E-state index is 12.6. The van der Waals surface area contributed by atoms with E-state index in [1.54, 1.807) is 37.4 Å². The number of amides is 1. The lowest BCUT2D eigenvalue weighted by molar-refractivity contribution is 0.102. The lowest BCUT2D eigenvalue weighted by Gasteiger charge is -2.14. The fourth-order valence-electron chi connectivity index (χ4n) is 2.24. The normalized spacial score (nSPS) is 9.87. The van der Waals surface area contributed by atoms with Crippen molar-refractivity contribution in [1.29, 1.82) is 5.26 Å². The minimum Gasteiger partial charge on any atom is -0.493 e. The summed E-state index contributed by atoms with van der Waals surface area (Å²) in [5, 5.41) is 11.8. The van der Waals surface area contributed by atoms with Gasteiger partial charge in [0, 0.05) is 11.3 Å². The molecule has 0 saturated heterocycles. The molecule has 0 saturated carbocycles. The van der Waals surface area contributed by atoms with Gasteiger partial charge in [0.1, 0.15) is 0 Å². The van der Waals surface area contributed by atoms with Gasteiger partial charge in [-0.2, -0.15) is 5.26 Å². The average molecular weight is 310 g/mol. The van der Waals surface area contributed by atoms with Crippen molar-refractivity contribution in [3.8, 4) is 17.6 Å². The van der Waals surface area contributed by atoms with Gasteiger partial charge in [-0.3, -0.25) is 4.79 Å². The minimum atomic E-state index is -0.262. The van der Waals surface area contributed by atoms with Crippen molar-refractivity contribution in [1.82, 2.24) is 0 Å². The number of carbonyl (C=O) groups is 1. The fourth-order valence-corrected chi connectivity index (χ4v) is 2.24. The van der Waals surface area contributed by atoms with Gasteiger partial charge in [0.05, 0.1) is 25.9 Å². The van der Waals surface area contributed by atoms with Crippen molar-refractivity contribution in [2.75, 3.05) is 19.5 Å². The summed E-state index contributed by atoms with van der Waals surface area (Å²) in [6.45, 7) is 3.70. The summed E-state index contributed by atoms with van der Waals surface area (Å²) in [7, 11) is 3.07. The van der Waals surface area contributed by atoms with Gasteiger partial charge >= 0.3 is 0 Å². The van der Waals surface area contributed by atoms with Crippen LogP contribution in [-0.4, -0.2) is 20.1 Å². The Bertz CT molecular complexity index is 792. The number of rotatable bonds is 4. The summed E-state index contributed by atoms with van der Waals surface area (Å²) in [4.78, 5) is 12.6. The predicted octanol–water partition coefficient (Wildman–Crippen LogP) is 3.44. The molecule has 2 rings (SSSR count). The number of hydrogen-bond donors (Lipinski definition) is 1. The lowest BCUT2D eigenvalue weighted by atomic mass is 10.1. The van der Waals surface area contributed by atoms with Gasteiger partial charge in [0.25, 0.3) is 5.91 Å². The van der Waals surface area contributed by atoms with E-state index < -0.39 is 0 Å². The Balaban J connectivity index is 2.37. The first-order valence-electron chi connectivity index (χ1n) is 7.05. The Morgan fingerprint density at radius 1 is 1.04 bits per heavy atom. The number of nitriles is 1. The maximum Gasteiger partial charge on any atom is 0.256 e. The van der Waals surface area contributed by atoms with Gasteiger partial charge in [-0.05, 0) is 49.2 Å². The predicted molar refractivity (Wildman–Crippen MR) is 88.1 cm³/mol. The van der Waals surface area contributed by atoms with Gasteiger partial charge in [0.2, 0.25) is 0 Å². The van der Waals surface area contributed by atoms with Crippen molar-refractivity contribution in [3.05, 3.63) is 52.6 Å². The molecule has 0 aliphatic rings. The van der Waals surface area contributed by atoms with Crippen LogP contribution < -0.4 is 14.8 Å². The highest BCUT2D eigenvalue weighted by Crippen LogP contribution is 2.30. The van der Waals surface area contributed by atoms with Crippen LogP contribution in [0.25, 0.3) is 0 Å². The summed E-state index contributed by atoms with van der Waals surface area (Å²) >= 11 is 0. The Kier molecular flexibility index (Phi) is 4.87. The van der Waals surface area contributed by atoms with Gasteiger partial charge in [-0.1, -0.05) is 6.07 Å². The highest BCUT2D eigenvalue weighted by atomic mass is 16.5. The van der Waals surface area contributed by atoms with Crippen LogP contribution in [0.5, 0.6) is 11.5 Å². The van der Waals surface area contributed by atoms with Crippen LogP contribution in [0.4, 0.5) is 5.69 Å². The van der Waals surface area contributed by atoms with E-state index in [0.29, 0.717) is 28.3 Å². The van der Waals surface area contributed by atoms with Crippen molar-refractivity contribution < 1.29 is 14.3 Å². The summed E-state index contributed by atoms with van der Waals surface area (Å²) in [6, 6.07) is 10.6. The zero-order valence-corrected chi connectivity index (χ0v) is 13.6. The highest BCUT2D eigenvalue weighted by molar-refractivity contribution is 6.06. The topological polar surface area (TPSA) is 71.3 Å². The first-order valence-corrected chi connectivity index (χ1v) is 7.05. The lowest BCUT2D eigenvalue weighted by Crippen LogP contribution is -2.14. The summed E-state index contributed by atoms with van der Waals surface area (Å²) in [6.07, 6.45) is 0. The van der Waals surface area contributed by atoms with Crippen molar-refractivity contribution in [3.63, 3.8) is 0 Å². The first-order chi connectivity index (χ1) is 11.0. The molecule has 0 unspecified atom stereocenters. The zero-order chi connectivity index (χ0) is 17.0. The SMILES string of the molecule is COc1cc(C)c(C(=O)Nc2cc(C#N)ccc2C)cc1OC. The maximum atomic E-state index is 12.6. The monoisotopic (exact) mass is 310 g/mol. The van der Waals surface area contributed by atoms with E-state index in [0.717, 1.165) is 11.1 Å². The van der Waals surface area contributed by atoms with Crippen molar-refractivity contribution in [2.45, 2.75) is 13.8 Å². The molecule has 118 valence electrons. The molecule has 5 heteroatoms. The van der Waals surface area contributed by atoms with Crippen LogP contribution >= 0.6 is 0 Å². The molecule has 2 aromatic rings. The molecule has 0 heterocycles. The highest BCUT2D eigenvalue weighted by Gasteiger charge is 2.15. The van der Waals surface area contributed by atoms with Crippen molar-refractivity contribution >= 4 is 11.6 Å².